The van der Waals surface area contributed by atoms with Crippen molar-refractivity contribution in [3.05, 3.63) is 29.3 Å². The Hall–Kier alpha value is -0.500. The van der Waals surface area contributed by atoms with Gasteiger partial charge in [-0.3, -0.25) is 0 Å². The van der Waals surface area contributed by atoms with Gasteiger partial charge in [-0.25, -0.2) is 0 Å². The van der Waals surface area contributed by atoms with E-state index >= 15 is 0 Å². The second kappa shape index (κ2) is 16.0. The molecule has 1 N–H and O–H groups in total. The topological polar surface area (TPSA) is 12.0 Å². The minimum atomic E-state index is 0. The molecule has 1 aromatic rings. The van der Waals surface area contributed by atoms with Crippen molar-refractivity contribution in [1.29, 1.82) is 0 Å². The summed E-state index contributed by atoms with van der Waals surface area (Å²) in [6.45, 7) is 7.74. The van der Waals surface area contributed by atoms with Gasteiger partial charge in [0.1, 0.15) is 0 Å². The minimum absolute atomic E-state index is 0. The maximum atomic E-state index is 3.56. The molecule has 0 saturated carbocycles. The molecule has 1 rings (SSSR count). The second-order valence-electron chi connectivity index (χ2n) is 7.19. The van der Waals surface area contributed by atoms with Crippen LogP contribution in [0.25, 0.3) is 0 Å². The van der Waals surface area contributed by atoms with E-state index in [1.807, 2.05) is 0 Å². The molecule has 0 atom stereocenters. The highest BCUT2D eigenvalue weighted by molar-refractivity contribution is 8.93. The van der Waals surface area contributed by atoms with Crippen LogP contribution in [0.4, 0.5) is 5.69 Å². The number of benzene rings is 1. The van der Waals surface area contributed by atoms with Crippen molar-refractivity contribution in [2.75, 3.05) is 11.9 Å². The SMILES string of the molecule is Br.CCCCCCCCCCCCCCNc1cc(C)cc(C)c1. The Balaban J connectivity index is 0.00000529. The molecule has 0 aliphatic heterocycles. The third-order valence-corrected chi connectivity index (χ3v) is 4.58. The van der Waals surface area contributed by atoms with Crippen LogP contribution in [0.15, 0.2) is 18.2 Å². The zero-order chi connectivity index (χ0) is 16.8. The Kier molecular flexibility index (Phi) is 15.7. The highest BCUT2D eigenvalue weighted by atomic mass is 79.9. The Morgan fingerprint density at radius 3 is 1.50 bits per heavy atom. The molecular formula is C22H40BrN. The summed E-state index contributed by atoms with van der Waals surface area (Å²) in [5.41, 5.74) is 3.98. The molecule has 0 spiro atoms. The first-order valence-electron chi connectivity index (χ1n) is 10.0. The second-order valence-corrected chi connectivity index (χ2v) is 7.19. The predicted molar refractivity (Wildman–Crippen MR) is 116 cm³/mol. The summed E-state index contributed by atoms with van der Waals surface area (Å²) >= 11 is 0. The number of unbranched alkanes of at least 4 members (excludes halogenated alkanes) is 11. The van der Waals surface area contributed by atoms with E-state index in [2.05, 4.69) is 44.3 Å². The van der Waals surface area contributed by atoms with Crippen molar-refractivity contribution in [2.45, 2.75) is 97.8 Å². The van der Waals surface area contributed by atoms with Gasteiger partial charge in [-0.1, -0.05) is 83.6 Å². The number of halogens is 1. The normalized spacial score (nSPS) is 10.5. The number of nitrogens with one attached hydrogen (secondary N) is 1. The first-order valence-corrected chi connectivity index (χ1v) is 10.0. The van der Waals surface area contributed by atoms with Crippen LogP contribution in [-0.4, -0.2) is 6.54 Å². The van der Waals surface area contributed by atoms with Crippen LogP contribution in [0, 0.1) is 13.8 Å². The smallest absolute Gasteiger partial charge is 0.0345 e. The van der Waals surface area contributed by atoms with E-state index < -0.39 is 0 Å². The molecule has 0 saturated heterocycles. The number of rotatable bonds is 14. The molecule has 0 aromatic heterocycles. The Bertz CT molecular complexity index is 383. The van der Waals surface area contributed by atoms with Crippen LogP contribution < -0.4 is 5.32 Å². The van der Waals surface area contributed by atoms with Gasteiger partial charge in [0, 0.05) is 12.2 Å². The van der Waals surface area contributed by atoms with Crippen molar-refractivity contribution in [3.8, 4) is 0 Å². The van der Waals surface area contributed by atoms with E-state index in [1.54, 1.807) is 0 Å². The maximum Gasteiger partial charge on any atom is 0.0345 e. The zero-order valence-corrected chi connectivity index (χ0v) is 18.0. The third kappa shape index (κ3) is 12.9. The maximum absolute atomic E-state index is 3.56. The summed E-state index contributed by atoms with van der Waals surface area (Å²) in [6.07, 6.45) is 17.0. The van der Waals surface area contributed by atoms with Crippen LogP contribution in [-0.2, 0) is 0 Å². The first kappa shape index (κ1) is 23.5. The average Bonchev–Trinajstić information content (AvgIpc) is 2.51. The minimum Gasteiger partial charge on any atom is -0.385 e. The van der Waals surface area contributed by atoms with Gasteiger partial charge in [0.25, 0.3) is 0 Å². The molecule has 0 aliphatic carbocycles. The molecular weight excluding hydrogens is 358 g/mol. The molecule has 0 fully saturated rings. The van der Waals surface area contributed by atoms with Crippen LogP contribution in [0.3, 0.4) is 0 Å². The Morgan fingerprint density at radius 1 is 0.625 bits per heavy atom. The zero-order valence-electron chi connectivity index (χ0n) is 16.3. The monoisotopic (exact) mass is 397 g/mol. The largest absolute Gasteiger partial charge is 0.385 e. The van der Waals surface area contributed by atoms with Crippen LogP contribution >= 0.6 is 17.0 Å². The molecule has 1 aromatic carbocycles. The Labute approximate surface area is 161 Å². The quantitative estimate of drug-likeness (QED) is 0.313. The molecule has 140 valence electrons. The number of aryl methyl sites for hydroxylation is 2. The molecule has 0 unspecified atom stereocenters. The molecule has 0 heterocycles. The summed E-state index contributed by atoms with van der Waals surface area (Å²) in [5, 5.41) is 3.56. The van der Waals surface area contributed by atoms with E-state index in [1.165, 1.54) is 93.9 Å². The van der Waals surface area contributed by atoms with Gasteiger partial charge in [0.05, 0.1) is 0 Å². The predicted octanol–water partition coefficient (Wildman–Crippen LogP) is 7.99. The fourth-order valence-electron chi connectivity index (χ4n) is 3.28. The van der Waals surface area contributed by atoms with Gasteiger partial charge in [0.15, 0.2) is 0 Å². The van der Waals surface area contributed by atoms with E-state index in [-0.39, 0.29) is 17.0 Å². The van der Waals surface area contributed by atoms with Gasteiger partial charge < -0.3 is 5.32 Å². The fourth-order valence-corrected chi connectivity index (χ4v) is 3.28. The lowest BCUT2D eigenvalue weighted by Crippen LogP contribution is -2.01. The van der Waals surface area contributed by atoms with E-state index in [9.17, 15) is 0 Å². The molecule has 0 radical (unpaired) electrons. The summed E-state index contributed by atoms with van der Waals surface area (Å²) in [4.78, 5) is 0. The summed E-state index contributed by atoms with van der Waals surface area (Å²) in [5.74, 6) is 0. The fraction of sp³-hybridized carbons (Fsp3) is 0.727. The molecule has 24 heavy (non-hydrogen) atoms. The van der Waals surface area contributed by atoms with Crippen molar-refractivity contribution in [1.82, 2.24) is 0 Å². The first-order chi connectivity index (χ1) is 11.2. The van der Waals surface area contributed by atoms with Crippen molar-refractivity contribution >= 4 is 22.7 Å². The Morgan fingerprint density at radius 2 is 1.04 bits per heavy atom. The summed E-state index contributed by atoms with van der Waals surface area (Å²) in [6, 6.07) is 6.72. The van der Waals surface area contributed by atoms with Crippen LogP contribution in [0.2, 0.25) is 0 Å². The molecule has 0 bridgehead atoms. The number of hydrogen-bond donors (Lipinski definition) is 1. The third-order valence-electron chi connectivity index (χ3n) is 4.58. The summed E-state index contributed by atoms with van der Waals surface area (Å²) in [7, 11) is 0. The van der Waals surface area contributed by atoms with Gasteiger partial charge in [-0.05, 0) is 43.5 Å². The lowest BCUT2D eigenvalue weighted by molar-refractivity contribution is 0.546. The highest BCUT2D eigenvalue weighted by Gasteiger charge is 1.96. The van der Waals surface area contributed by atoms with Crippen molar-refractivity contribution in [2.24, 2.45) is 0 Å². The lowest BCUT2D eigenvalue weighted by atomic mass is 10.1. The van der Waals surface area contributed by atoms with Gasteiger partial charge in [-0.2, -0.15) is 0 Å². The van der Waals surface area contributed by atoms with Crippen molar-refractivity contribution < 1.29 is 0 Å². The van der Waals surface area contributed by atoms with Gasteiger partial charge >= 0.3 is 0 Å². The van der Waals surface area contributed by atoms with Crippen LogP contribution in [0.5, 0.6) is 0 Å². The number of anilines is 1. The van der Waals surface area contributed by atoms with E-state index in [0.717, 1.165) is 6.54 Å². The van der Waals surface area contributed by atoms with Crippen molar-refractivity contribution in [3.63, 3.8) is 0 Å². The van der Waals surface area contributed by atoms with Crippen LogP contribution in [0.1, 0.15) is 95.1 Å². The highest BCUT2D eigenvalue weighted by Crippen LogP contribution is 2.15. The molecule has 1 nitrogen and oxygen atoms in total. The molecule has 0 amide bonds. The molecule has 0 aliphatic rings. The van der Waals surface area contributed by atoms with Gasteiger partial charge in [-0.15, -0.1) is 17.0 Å². The average molecular weight is 398 g/mol. The van der Waals surface area contributed by atoms with E-state index in [0.29, 0.717) is 0 Å². The van der Waals surface area contributed by atoms with Gasteiger partial charge in [0.2, 0.25) is 0 Å². The van der Waals surface area contributed by atoms with E-state index in [4.69, 9.17) is 0 Å². The summed E-state index contributed by atoms with van der Waals surface area (Å²) < 4.78 is 0. The number of hydrogen-bond acceptors (Lipinski definition) is 1. The standard InChI is InChI=1S/C22H39N.BrH/c1-4-5-6-7-8-9-10-11-12-13-14-15-16-23-22-18-20(2)17-21(3)19-22;/h17-19,23H,4-16H2,1-3H3;1H. The lowest BCUT2D eigenvalue weighted by Gasteiger charge is -2.08. The molecule has 2 heteroatoms.